The van der Waals surface area contributed by atoms with Crippen LogP contribution in [0, 0.1) is 6.92 Å². The van der Waals surface area contributed by atoms with Gasteiger partial charge in [0.2, 0.25) is 0 Å². The number of nitrogens with zero attached hydrogens (tertiary/aromatic N) is 2. The van der Waals surface area contributed by atoms with E-state index in [4.69, 9.17) is 0 Å². The number of hydrogen-bond acceptors (Lipinski definition) is 3. The molecule has 0 N–H and O–H groups in total. The summed E-state index contributed by atoms with van der Waals surface area (Å²) < 4.78 is 26.9. The first kappa shape index (κ1) is 15.5. The predicted molar refractivity (Wildman–Crippen MR) is 90.8 cm³/mol. The van der Waals surface area contributed by atoms with Crippen molar-refractivity contribution in [3.63, 3.8) is 0 Å². The molecular formula is C18H18N2O2S. The Morgan fingerprint density at radius 2 is 1.65 bits per heavy atom. The van der Waals surface area contributed by atoms with Crippen molar-refractivity contribution < 1.29 is 8.42 Å². The standard InChI is InChI=1S/C18H18N2O2S/c1-3-15-6-8-16(9-7-15)18-19-12-13-20(18)23(21,22)17-10-4-14(2)5-11-17/h4-13H,3H2,1-2H3. The van der Waals surface area contributed by atoms with E-state index in [2.05, 4.69) is 11.9 Å². The van der Waals surface area contributed by atoms with Crippen molar-refractivity contribution in [2.24, 2.45) is 0 Å². The number of rotatable bonds is 4. The van der Waals surface area contributed by atoms with Gasteiger partial charge in [0.25, 0.3) is 10.0 Å². The second-order valence-corrected chi connectivity index (χ2v) is 7.23. The molecule has 3 rings (SSSR count). The Labute approximate surface area is 136 Å². The molecule has 0 saturated carbocycles. The molecule has 23 heavy (non-hydrogen) atoms. The van der Waals surface area contributed by atoms with Crippen LogP contribution < -0.4 is 0 Å². The summed E-state index contributed by atoms with van der Waals surface area (Å²) in [7, 11) is -3.65. The van der Waals surface area contributed by atoms with Crippen molar-refractivity contribution >= 4 is 10.0 Å². The smallest absolute Gasteiger partial charge is 0.236 e. The summed E-state index contributed by atoms with van der Waals surface area (Å²) in [5.74, 6) is 0.424. The van der Waals surface area contributed by atoms with Gasteiger partial charge in [0.05, 0.1) is 4.90 Å². The van der Waals surface area contributed by atoms with E-state index >= 15 is 0 Å². The molecule has 1 aromatic heterocycles. The van der Waals surface area contributed by atoms with Crippen LogP contribution >= 0.6 is 0 Å². The van der Waals surface area contributed by atoms with Crippen LogP contribution in [0.25, 0.3) is 11.4 Å². The predicted octanol–water partition coefficient (Wildman–Crippen LogP) is 3.66. The number of hydrogen-bond donors (Lipinski definition) is 0. The highest BCUT2D eigenvalue weighted by atomic mass is 32.2. The molecule has 0 amide bonds. The summed E-state index contributed by atoms with van der Waals surface area (Å²) in [6.45, 7) is 4.01. The lowest BCUT2D eigenvalue weighted by molar-refractivity contribution is 0.588. The topological polar surface area (TPSA) is 52.0 Å². The average Bonchev–Trinajstić information content (AvgIpc) is 3.06. The molecule has 0 aliphatic rings. The SMILES string of the molecule is CCc1ccc(-c2nccn2S(=O)(=O)c2ccc(C)cc2)cc1. The van der Waals surface area contributed by atoms with E-state index in [0.717, 1.165) is 17.5 Å². The second-order valence-electron chi connectivity index (χ2n) is 5.42. The average molecular weight is 326 g/mol. The Kier molecular flexibility index (Phi) is 4.05. The van der Waals surface area contributed by atoms with E-state index < -0.39 is 10.0 Å². The van der Waals surface area contributed by atoms with Gasteiger partial charge in [-0.15, -0.1) is 0 Å². The zero-order valence-electron chi connectivity index (χ0n) is 13.1. The highest BCUT2D eigenvalue weighted by Gasteiger charge is 2.20. The van der Waals surface area contributed by atoms with Gasteiger partial charge in [0.15, 0.2) is 5.82 Å². The highest BCUT2D eigenvalue weighted by Crippen LogP contribution is 2.23. The maximum Gasteiger partial charge on any atom is 0.269 e. The van der Waals surface area contributed by atoms with Crippen LogP contribution in [-0.4, -0.2) is 17.4 Å². The molecule has 0 spiro atoms. The fraction of sp³-hybridized carbons (Fsp3) is 0.167. The monoisotopic (exact) mass is 326 g/mol. The Balaban J connectivity index is 2.07. The maximum atomic E-state index is 12.8. The Hall–Kier alpha value is -2.40. The van der Waals surface area contributed by atoms with E-state index in [9.17, 15) is 8.42 Å². The van der Waals surface area contributed by atoms with Gasteiger partial charge in [-0.1, -0.05) is 48.9 Å². The molecule has 0 bridgehead atoms. The van der Waals surface area contributed by atoms with Gasteiger partial charge in [-0.3, -0.25) is 0 Å². The van der Waals surface area contributed by atoms with Gasteiger partial charge in [0.1, 0.15) is 0 Å². The third-order valence-electron chi connectivity index (χ3n) is 3.81. The number of aromatic nitrogens is 2. The van der Waals surface area contributed by atoms with Crippen molar-refractivity contribution in [2.75, 3.05) is 0 Å². The Bertz CT molecular complexity index is 908. The quantitative estimate of drug-likeness (QED) is 0.735. The fourth-order valence-electron chi connectivity index (χ4n) is 2.40. The van der Waals surface area contributed by atoms with Crippen LogP contribution in [-0.2, 0) is 16.4 Å². The van der Waals surface area contributed by atoms with Crippen molar-refractivity contribution in [2.45, 2.75) is 25.2 Å². The largest absolute Gasteiger partial charge is 0.269 e. The van der Waals surface area contributed by atoms with Gasteiger partial charge in [-0.25, -0.2) is 17.4 Å². The molecule has 0 saturated heterocycles. The summed E-state index contributed by atoms with van der Waals surface area (Å²) in [6, 6.07) is 14.6. The Morgan fingerprint density at radius 1 is 1.00 bits per heavy atom. The molecule has 0 radical (unpaired) electrons. The van der Waals surface area contributed by atoms with E-state index in [-0.39, 0.29) is 4.90 Å². The lowest BCUT2D eigenvalue weighted by Crippen LogP contribution is -2.13. The van der Waals surface area contributed by atoms with Crippen LogP contribution in [0.3, 0.4) is 0 Å². The summed E-state index contributed by atoms with van der Waals surface area (Å²) in [6.07, 6.45) is 3.93. The van der Waals surface area contributed by atoms with Crippen molar-refractivity contribution in [3.05, 3.63) is 72.1 Å². The van der Waals surface area contributed by atoms with Crippen molar-refractivity contribution in [3.8, 4) is 11.4 Å². The molecule has 0 aliphatic heterocycles. The van der Waals surface area contributed by atoms with Gasteiger partial charge in [0, 0.05) is 18.0 Å². The third kappa shape index (κ3) is 2.92. The van der Waals surface area contributed by atoms with E-state index in [1.807, 2.05) is 31.2 Å². The van der Waals surface area contributed by atoms with Gasteiger partial charge >= 0.3 is 0 Å². The Morgan fingerprint density at radius 3 is 2.26 bits per heavy atom. The normalized spacial score (nSPS) is 11.6. The summed E-state index contributed by atoms with van der Waals surface area (Å²) >= 11 is 0. The number of aryl methyl sites for hydroxylation is 2. The molecule has 118 valence electrons. The summed E-state index contributed by atoms with van der Waals surface area (Å²) in [5.41, 5.74) is 3.00. The number of imidazole rings is 1. The first-order chi connectivity index (χ1) is 11.0. The molecular weight excluding hydrogens is 308 g/mol. The summed E-state index contributed by atoms with van der Waals surface area (Å²) in [5, 5.41) is 0. The van der Waals surface area contributed by atoms with Gasteiger partial charge < -0.3 is 0 Å². The molecule has 2 aromatic carbocycles. The lowest BCUT2D eigenvalue weighted by Gasteiger charge is -2.10. The molecule has 1 heterocycles. The molecule has 0 unspecified atom stereocenters. The minimum atomic E-state index is -3.65. The van der Waals surface area contributed by atoms with Crippen LogP contribution in [0.4, 0.5) is 0 Å². The van der Waals surface area contributed by atoms with Crippen LogP contribution in [0.15, 0.2) is 65.8 Å². The zero-order valence-corrected chi connectivity index (χ0v) is 13.9. The van der Waals surface area contributed by atoms with Gasteiger partial charge in [-0.2, -0.15) is 0 Å². The molecule has 0 atom stereocenters. The van der Waals surface area contributed by atoms with Crippen molar-refractivity contribution in [1.82, 2.24) is 8.96 Å². The molecule has 3 aromatic rings. The first-order valence-corrected chi connectivity index (χ1v) is 8.91. The van der Waals surface area contributed by atoms with E-state index in [0.29, 0.717) is 5.82 Å². The van der Waals surface area contributed by atoms with Crippen LogP contribution in [0.5, 0.6) is 0 Å². The first-order valence-electron chi connectivity index (χ1n) is 7.47. The van der Waals surface area contributed by atoms with Crippen LogP contribution in [0.2, 0.25) is 0 Å². The van der Waals surface area contributed by atoms with E-state index in [1.54, 1.807) is 24.3 Å². The minimum Gasteiger partial charge on any atom is -0.236 e. The highest BCUT2D eigenvalue weighted by molar-refractivity contribution is 7.90. The van der Waals surface area contributed by atoms with Crippen molar-refractivity contribution in [1.29, 1.82) is 0 Å². The molecule has 0 fully saturated rings. The second kappa shape index (κ2) is 6.01. The lowest BCUT2D eigenvalue weighted by atomic mass is 10.1. The summed E-state index contributed by atoms with van der Waals surface area (Å²) in [4.78, 5) is 4.49. The molecule has 5 heteroatoms. The fourth-order valence-corrected chi connectivity index (χ4v) is 3.70. The van der Waals surface area contributed by atoms with E-state index in [1.165, 1.54) is 21.9 Å². The van der Waals surface area contributed by atoms with Crippen LogP contribution in [0.1, 0.15) is 18.1 Å². The third-order valence-corrected chi connectivity index (χ3v) is 5.49. The zero-order chi connectivity index (χ0) is 16.4. The minimum absolute atomic E-state index is 0.257. The molecule has 4 nitrogen and oxygen atoms in total. The molecule has 0 aliphatic carbocycles. The van der Waals surface area contributed by atoms with Gasteiger partial charge in [-0.05, 0) is 31.0 Å². The maximum absolute atomic E-state index is 12.8. The number of benzene rings is 2.